The molecule has 0 atom stereocenters. The average molecular weight is 199 g/mol. The van der Waals surface area contributed by atoms with Gasteiger partial charge in [0.05, 0.1) is 0 Å². The topological polar surface area (TPSA) is 32.3 Å². The summed E-state index contributed by atoms with van der Waals surface area (Å²) in [4.78, 5) is 10.9. The maximum atomic E-state index is 10.9. The zero-order valence-corrected chi connectivity index (χ0v) is 10.0. The predicted octanol–water partition coefficient (Wildman–Crippen LogP) is -0.0527. The summed E-state index contributed by atoms with van der Waals surface area (Å²) >= 11 is 8.48. The van der Waals surface area contributed by atoms with Crippen molar-refractivity contribution in [1.29, 1.82) is 0 Å². The van der Waals surface area contributed by atoms with Gasteiger partial charge in [-0.25, -0.2) is 0 Å². The van der Waals surface area contributed by atoms with Crippen molar-refractivity contribution in [2.75, 3.05) is 6.54 Å². The molecule has 1 heterocycles. The molecule has 1 aliphatic heterocycles. The first-order chi connectivity index (χ1) is 4.70. The summed E-state index contributed by atoms with van der Waals surface area (Å²) in [6.07, 6.45) is 1.52. The fraction of sp³-hybridized carbons (Fsp3) is 0.600. The van der Waals surface area contributed by atoms with Gasteiger partial charge in [0, 0.05) is 42.5 Å². The molecule has 0 unspecified atom stereocenters. The molecule has 0 aliphatic carbocycles. The molecular formula is C5H8N2NaOS2. The summed E-state index contributed by atoms with van der Waals surface area (Å²) in [5.74, 6) is 0.0939. The van der Waals surface area contributed by atoms with E-state index in [-0.39, 0.29) is 35.5 Å². The Bertz CT molecular complexity index is 176. The quantitative estimate of drug-likeness (QED) is 0.353. The normalized spacial score (nSPS) is 16.1. The number of amides is 1. The van der Waals surface area contributed by atoms with E-state index in [0.717, 1.165) is 13.0 Å². The molecule has 57 valence electrons. The van der Waals surface area contributed by atoms with Gasteiger partial charge in [-0.1, -0.05) is 12.2 Å². The zero-order valence-electron chi connectivity index (χ0n) is 6.33. The molecule has 1 saturated heterocycles. The van der Waals surface area contributed by atoms with Crippen LogP contribution in [-0.2, 0) is 4.79 Å². The van der Waals surface area contributed by atoms with Crippen molar-refractivity contribution in [2.45, 2.75) is 12.8 Å². The van der Waals surface area contributed by atoms with Crippen LogP contribution < -0.4 is 5.43 Å². The molecule has 0 spiro atoms. The number of rotatable bonds is 1. The summed E-state index contributed by atoms with van der Waals surface area (Å²) in [6, 6.07) is 0. The maximum Gasteiger partial charge on any atom is 0.240 e. The van der Waals surface area contributed by atoms with E-state index in [0.29, 0.717) is 10.7 Å². The number of nitrogens with zero attached hydrogens (tertiary/aromatic N) is 1. The van der Waals surface area contributed by atoms with Crippen LogP contribution in [0.3, 0.4) is 0 Å². The first kappa shape index (κ1) is 11.7. The Labute approximate surface area is 98.6 Å². The Morgan fingerprint density at radius 2 is 2.36 bits per heavy atom. The number of hydrogen-bond acceptors (Lipinski definition) is 2. The molecule has 11 heavy (non-hydrogen) atoms. The van der Waals surface area contributed by atoms with E-state index in [9.17, 15) is 4.79 Å². The van der Waals surface area contributed by atoms with Gasteiger partial charge in [-0.2, -0.15) is 0 Å². The van der Waals surface area contributed by atoms with Gasteiger partial charge in [0.15, 0.2) is 0 Å². The molecule has 6 heteroatoms. The second-order valence-corrected chi connectivity index (χ2v) is 3.22. The molecule has 0 bridgehead atoms. The van der Waals surface area contributed by atoms with Crippen molar-refractivity contribution < 1.29 is 4.79 Å². The Kier molecular flexibility index (Phi) is 5.72. The van der Waals surface area contributed by atoms with Crippen molar-refractivity contribution in [2.24, 2.45) is 0 Å². The smallest absolute Gasteiger partial charge is 0.240 e. The molecule has 1 amide bonds. The van der Waals surface area contributed by atoms with E-state index in [1.54, 1.807) is 0 Å². The van der Waals surface area contributed by atoms with Gasteiger partial charge in [0.2, 0.25) is 5.91 Å². The third-order valence-electron chi connectivity index (χ3n) is 1.30. The van der Waals surface area contributed by atoms with Crippen LogP contribution in [0.1, 0.15) is 12.8 Å². The number of carbonyl (C=O) groups excluding carboxylic acids is 1. The number of nitrogens with one attached hydrogen (secondary N) is 1. The van der Waals surface area contributed by atoms with Gasteiger partial charge < -0.3 is 0 Å². The molecule has 0 aromatic rings. The molecule has 3 nitrogen and oxygen atoms in total. The summed E-state index contributed by atoms with van der Waals surface area (Å²) < 4.78 is 0.343. The van der Waals surface area contributed by atoms with Crippen LogP contribution in [0.5, 0.6) is 0 Å². The van der Waals surface area contributed by atoms with Crippen molar-refractivity contribution in [3.8, 4) is 0 Å². The first-order valence-electron chi connectivity index (χ1n) is 3.00. The van der Waals surface area contributed by atoms with Crippen LogP contribution in [0, 0.1) is 0 Å². The molecular weight excluding hydrogens is 191 g/mol. The fourth-order valence-electron chi connectivity index (χ4n) is 0.882. The standard InChI is InChI=1S/C5H8N2OS2.Na/c8-4-2-1-3-7(4)6-5(9)10;/h1-3H2,(H2,6,9,10);. The largest absolute Gasteiger partial charge is 0.280 e. The van der Waals surface area contributed by atoms with Crippen LogP contribution in [-0.4, -0.2) is 51.3 Å². The Balaban J connectivity index is 0.000001000. The molecule has 1 aliphatic rings. The summed E-state index contributed by atoms with van der Waals surface area (Å²) in [6.45, 7) is 0.736. The predicted molar refractivity (Wildman–Crippen MR) is 51.4 cm³/mol. The van der Waals surface area contributed by atoms with Gasteiger partial charge in [-0.15, -0.1) is 12.6 Å². The van der Waals surface area contributed by atoms with Crippen molar-refractivity contribution in [3.05, 3.63) is 0 Å². The Hall–Kier alpha value is 0.710. The molecule has 1 rings (SSSR count). The average Bonchev–Trinajstić information content (AvgIpc) is 2.15. The third kappa shape index (κ3) is 3.75. The summed E-state index contributed by atoms with van der Waals surface area (Å²) in [5.41, 5.74) is 2.67. The third-order valence-corrected chi connectivity index (χ3v) is 1.50. The van der Waals surface area contributed by atoms with E-state index in [2.05, 4.69) is 30.3 Å². The number of carbonyl (C=O) groups is 1. The summed E-state index contributed by atoms with van der Waals surface area (Å²) in [7, 11) is 0. The molecule has 1 N–H and O–H groups in total. The van der Waals surface area contributed by atoms with Crippen LogP contribution in [0.2, 0.25) is 0 Å². The van der Waals surface area contributed by atoms with Crippen molar-refractivity contribution >= 4 is 64.6 Å². The molecule has 1 fully saturated rings. The number of thiocarbonyl (C=S) groups is 1. The van der Waals surface area contributed by atoms with E-state index in [1.165, 1.54) is 5.01 Å². The molecule has 1 radical (unpaired) electrons. The molecule has 0 saturated carbocycles. The maximum absolute atomic E-state index is 10.9. The van der Waals surface area contributed by atoms with Crippen molar-refractivity contribution in [1.82, 2.24) is 10.4 Å². The minimum atomic E-state index is 0. The second-order valence-electron chi connectivity index (χ2n) is 2.07. The number of hydrazine groups is 1. The van der Waals surface area contributed by atoms with Crippen LogP contribution in [0.25, 0.3) is 0 Å². The number of hydrogen-bond donors (Lipinski definition) is 2. The minimum Gasteiger partial charge on any atom is -0.280 e. The zero-order chi connectivity index (χ0) is 7.56. The molecule has 0 aromatic carbocycles. The van der Waals surface area contributed by atoms with E-state index in [4.69, 9.17) is 0 Å². The van der Waals surface area contributed by atoms with Crippen LogP contribution in [0.4, 0.5) is 0 Å². The number of thiol groups is 1. The minimum absolute atomic E-state index is 0. The van der Waals surface area contributed by atoms with E-state index < -0.39 is 0 Å². The summed E-state index contributed by atoms with van der Waals surface area (Å²) in [5, 5.41) is 1.50. The van der Waals surface area contributed by atoms with Crippen LogP contribution in [0.15, 0.2) is 0 Å². The van der Waals surface area contributed by atoms with Crippen molar-refractivity contribution in [3.63, 3.8) is 0 Å². The Morgan fingerprint density at radius 1 is 1.73 bits per heavy atom. The van der Waals surface area contributed by atoms with Gasteiger partial charge in [0.25, 0.3) is 0 Å². The van der Waals surface area contributed by atoms with E-state index in [1.807, 2.05) is 0 Å². The Morgan fingerprint density at radius 3 is 2.73 bits per heavy atom. The van der Waals surface area contributed by atoms with Gasteiger partial charge in [-0.05, 0) is 6.42 Å². The fourth-order valence-corrected chi connectivity index (χ4v) is 1.11. The SMILES string of the molecule is O=C1CCCN1NC(=S)S.[Na]. The molecule has 0 aromatic heterocycles. The van der Waals surface area contributed by atoms with E-state index >= 15 is 0 Å². The van der Waals surface area contributed by atoms with Gasteiger partial charge in [-0.3, -0.25) is 15.2 Å². The monoisotopic (exact) mass is 199 g/mol. The second kappa shape index (κ2) is 5.37. The van der Waals surface area contributed by atoms with Gasteiger partial charge in [0.1, 0.15) is 4.32 Å². The van der Waals surface area contributed by atoms with Crippen LogP contribution >= 0.6 is 24.8 Å². The van der Waals surface area contributed by atoms with Gasteiger partial charge >= 0.3 is 0 Å². The first-order valence-corrected chi connectivity index (χ1v) is 3.85.